The number of aryl methyl sites for hydroxylation is 1. The molecule has 1 aromatic carbocycles. The molecule has 2 heterocycles. The van der Waals surface area contributed by atoms with E-state index in [1.807, 2.05) is 41.9 Å². The van der Waals surface area contributed by atoms with Gasteiger partial charge in [0.2, 0.25) is 0 Å². The first kappa shape index (κ1) is 15.1. The molecular weight excluding hydrogens is 302 g/mol. The van der Waals surface area contributed by atoms with Crippen LogP contribution < -0.4 is 5.32 Å². The molecule has 0 radical (unpaired) electrons. The topological polar surface area (TPSA) is 75.9 Å². The Morgan fingerprint density at radius 2 is 1.96 bits per heavy atom. The number of fused-ring (bicyclic) bond motifs is 1. The number of rotatable bonds is 3. The number of hydrogen-bond donors (Lipinski definition) is 2. The molecule has 2 N–H and O–H groups in total. The van der Waals surface area contributed by atoms with Gasteiger partial charge in [-0.3, -0.25) is 0 Å². The molecule has 0 saturated heterocycles. The van der Waals surface area contributed by atoms with Crippen LogP contribution in [0.5, 0.6) is 0 Å². The molecular formula is C18H21N5O. The van der Waals surface area contributed by atoms with Crippen molar-refractivity contribution in [3.05, 3.63) is 36.7 Å². The Hall–Kier alpha value is -2.47. The Labute approximate surface area is 140 Å². The average molecular weight is 323 g/mol. The van der Waals surface area contributed by atoms with Crippen LogP contribution in [0.25, 0.3) is 22.6 Å². The van der Waals surface area contributed by atoms with Crippen LogP contribution in [0, 0.1) is 5.92 Å². The summed E-state index contributed by atoms with van der Waals surface area (Å²) in [5.41, 5.74) is 2.62. The summed E-state index contributed by atoms with van der Waals surface area (Å²) in [6.07, 6.45) is 2.99. The largest absolute Gasteiger partial charge is 0.393 e. The lowest BCUT2D eigenvalue weighted by atomic mass is 10.1. The molecule has 4 rings (SSSR count). The molecule has 0 bridgehead atoms. The zero-order chi connectivity index (χ0) is 16.7. The van der Waals surface area contributed by atoms with Crippen molar-refractivity contribution in [3.8, 4) is 11.4 Å². The molecule has 0 aliphatic heterocycles. The van der Waals surface area contributed by atoms with Crippen molar-refractivity contribution in [1.29, 1.82) is 0 Å². The van der Waals surface area contributed by atoms with E-state index in [0.29, 0.717) is 11.6 Å². The minimum atomic E-state index is -0.244. The van der Waals surface area contributed by atoms with Crippen molar-refractivity contribution in [3.63, 3.8) is 0 Å². The Morgan fingerprint density at radius 1 is 1.17 bits per heavy atom. The number of aliphatic hydroxyl groups is 1. The number of benzene rings is 1. The molecule has 1 aliphatic rings. The van der Waals surface area contributed by atoms with E-state index >= 15 is 0 Å². The molecule has 1 fully saturated rings. The van der Waals surface area contributed by atoms with E-state index < -0.39 is 0 Å². The summed E-state index contributed by atoms with van der Waals surface area (Å²) in [5, 5.41) is 13.5. The minimum absolute atomic E-state index is 0.225. The first-order valence-corrected chi connectivity index (χ1v) is 8.31. The van der Waals surface area contributed by atoms with Crippen LogP contribution in [0.4, 0.5) is 5.82 Å². The summed E-state index contributed by atoms with van der Waals surface area (Å²) >= 11 is 0. The normalized spacial score (nSPS) is 23.7. The van der Waals surface area contributed by atoms with Gasteiger partial charge in [-0.2, -0.15) is 0 Å². The van der Waals surface area contributed by atoms with Crippen molar-refractivity contribution in [2.24, 2.45) is 13.0 Å². The third-order valence-electron chi connectivity index (χ3n) is 4.88. The summed E-state index contributed by atoms with van der Waals surface area (Å²) in [7, 11) is 1.98. The van der Waals surface area contributed by atoms with Gasteiger partial charge in [-0.25, -0.2) is 15.0 Å². The zero-order valence-electron chi connectivity index (χ0n) is 13.8. The highest BCUT2D eigenvalue weighted by Gasteiger charge is 2.30. The highest BCUT2D eigenvalue weighted by atomic mass is 16.3. The van der Waals surface area contributed by atoms with Crippen molar-refractivity contribution >= 4 is 17.0 Å². The van der Waals surface area contributed by atoms with E-state index in [9.17, 15) is 5.11 Å². The monoisotopic (exact) mass is 323 g/mol. The highest BCUT2D eigenvalue weighted by Crippen LogP contribution is 2.31. The molecule has 3 aromatic rings. The van der Waals surface area contributed by atoms with Gasteiger partial charge in [0.1, 0.15) is 17.7 Å². The Kier molecular flexibility index (Phi) is 3.69. The number of aromatic nitrogens is 4. The Morgan fingerprint density at radius 3 is 2.67 bits per heavy atom. The van der Waals surface area contributed by atoms with E-state index in [1.54, 1.807) is 6.33 Å². The standard InChI is InChI=1S/C18H21N5O/c1-11-8-13(9-14(11)24)21-16-15-17(20-10-19-16)22-18(23(15)2)12-6-4-3-5-7-12/h3-7,10-11,13-14,24H,8-9H2,1-2H3,(H,19,20,21)/t11-,13+,14-/m0/s1. The summed E-state index contributed by atoms with van der Waals surface area (Å²) in [6.45, 7) is 2.08. The quantitative estimate of drug-likeness (QED) is 0.775. The fourth-order valence-electron chi connectivity index (χ4n) is 3.53. The fraction of sp³-hybridized carbons (Fsp3) is 0.389. The van der Waals surface area contributed by atoms with Gasteiger partial charge in [0.15, 0.2) is 11.5 Å². The lowest BCUT2D eigenvalue weighted by molar-refractivity contribution is 0.141. The van der Waals surface area contributed by atoms with Gasteiger partial charge < -0.3 is 15.0 Å². The molecule has 0 spiro atoms. The second kappa shape index (κ2) is 5.87. The number of nitrogens with one attached hydrogen (secondary N) is 1. The van der Waals surface area contributed by atoms with Gasteiger partial charge in [0.05, 0.1) is 6.10 Å². The molecule has 0 unspecified atom stereocenters. The van der Waals surface area contributed by atoms with E-state index in [1.165, 1.54) is 0 Å². The van der Waals surface area contributed by atoms with Gasteiger partial charge in [-0.1, -0.05) is 37.3 Å². The number of imidazole rings is 1. The van der Waals surface area contributed by atoms with E-state index in [-0.39, 0.29) is 12.1 Å². The SMILES string of the molecule is C[C@H]1C[C@@H](Nc2ncnc3nc(-c4ccccc4)n(C)c23)C[C@@H]1O. The van der Waals surface area contributed by atoms with E-state index in [4.69, 9.17) is 0 Å². The molecule has 24 heavy (non-hydrogen) atoms. The van der Waals surface area contributed by atoms with Gasteiger partial charge in [0, 0.05) is 18.7 Å². The zero-order valence-corrected chi connectivity index (χ0v) is 13.8. The minimum Gasteiger partial charge on any atom is -0.393 e. The first-order valence-electron chi connectivity index (χ1n) is 8.31. The van der Waals surface area contributed by atoms with Gasteiger partial charge in [-0.15, -0.1) is 0 Å². The maximum atomic E-state index is 9.98. The summed E-state index contributed by atoms with van der Waals surface area (Å²) in [5.74, 6) is 1.96. The number of nitrogens with zero attached hydrogens (tertiary/aromatic N) is 4. The molecule has 1 aliphatic carbocycles. The molecule has 2 aromatic heterocycles. The number of hydrogen-bond acceptors (Lipinski definition) is 5. The molecule has 1 saturated carbocycles. The molecule has 124 valence electrons. The second-order valence-electron chi connectivity index (χ2n) is 6.61. The van der Waals surface area contributed by atoms with Gasteiger partial charge in [0.25, 0.3) is 0 Å². The molecule has 6 nitrogen and oxygen atoms in total. The van der Waals surface area contributed by atoms with Crippen LogP contribution >= 0.6 is 0 Å². The smallest absolute Gasteiger partial charge is 0.183 e. The molecule has 6 heteroatoms. The first-order chi connectivity index (χ1) is 11.6. The third kappa shape index (κ3) is 2.53. The number of anilines is 1. The second-order valence-corrected chi connectivity index (χ2v) is 6.61. The summed E-state index contributed by atoms with van der Waals surface area (Å²) in [4.78, 5) is 13.4. The van der Waals surface area contributed by atoms with Crippen LogP contribution in [0.3, 0.4) is 0 Å². The molecule has 3 atom stereocenters. The maximum Gasteiger partial charge on any atom is 0.183 e. The van der Waals surface area contributed by atoms with Crippen molar-refractivity contribution in [2.75, 3.05) is 5.32 Å². The molecule has 0 amide bonds. The Balaban J connectivity index is 1.74. The van der Waals surface area contributed by atoms with E-state index in [2.05, 4.69) is 27.2 Å². The van der Waals surface area contributed by atoms with Crippen molar-refractivity contribution < 1.29 is 5.11 Å². The highest BCUT2D eigenvalue weighted by molar-refractivity contribution is 5.86. The maximum absolute atomic E-state index is 9.98. The van der Waals surface area contributed by atoms with Crippen LogP contribution in [0.2, 0.25) is 0 Å². The number of aliphatic hydroxyl groups excluding tert-OH is 1. The third-order valence-corrected chi connectivity index (χ3v) is 4.88. The van der Waals surface area contributed by atoms with Crippen LogP contribution in [0.1, 0.15) is 19.8 Å². The predicted octanol–water partition coefficient (Wildman–Crippen LogP) is 2.60. The van der Waals surface area contributed by atoms with Crippen molar-refractivity contribution in [1.82, 2.24) is 19.5 Å². The average Bonchev–Trinajstić information content (AvgIpc) is 3.09. The predicted molar refractivity (Wildman–Crippen MR) is 93.6 cm³/mol. The fourth-order valence-corrected chi connectivity index (χ4v) is 3.53. The van der Waals surface area contributed by atoms with Gasteiger partial charge in [-0.05, 0) is 18.8 Å². The van der Waals surface area contributed by atoms with Gasteiger partial charge >= 0.3 is 0 Å². The summed E-state index contributed by atoms with van der Waals surface area (Å²) < 4.78 is 2.03. The van der Waals surface area contributed by atoms with Crippen LogP contribution in [-0.4, -0.2) is 36.8 Å². The van der Waals surface area contributed by atoms with E-state index in [0.717, 1.165) is 35.6 Å². The lowest BCUT2D eigenvalue weighted by Gasteiger charge is -2.14. The lowest BCUT2D eigenvalue weighted by Crippen LogP contribution is -2.18. The van der Waals surface area contributed by atoms with Crippen LogP contribution in [-0.2, 0) is 7.05 Å². The van der Waals surface area contributed by atoms with Crippen LogP contribution in [0.15, 0.2) is 36.7 Å². The Bertz CT molecular complexity index is 850. The van der Waals surface area contributed by atoms with Crippen molar-refractivity contribution in [2.45, 2.75) is 31.9 Å². The summed E-state index contributed by atoms with van der Waals surface area (Å²) in [6, 6.07) is 10.3.